The minimum atomic E-state index is -0.254. The quantitative estimate of drug-likeness (QED) is 0.533. The van der Waals surface area contributed by atoms with Crippen molar-refractivity contribution in [3.8, 4) is 0 Å². The number of amides is 1. The summed E-state index contributed by atoms with van der Waals surface area (Å²) < 4.78 is 5.68. The minimum absolute atomic E-state index is 0.162. The molecule has 0 aliphatic heterocycles. The fourth-order valence-corrected chi connectivity index (χ4v) is 2.37. The molecule has 0 atom stereocenters. The van der Waals surface area contributed by atoms with Gasteiger partial charge >= 0.3 is 0 Å². The predicted octanol–water partition coefficient (Wildman–Crippen LogP) is 4.14. The minimum Gasteiger partial charge on any atom is -0.455 e. The zero-order valence-electron chi connectivity index (χ0n) is 13.7. The average Bonchev–Trinajstić information content (AvgIpc) is 3.05. The van der Waals surface area contributed by atoms with Crippen LogP contribution in [0.1, 0.15) is 18.2 Å². The van der Waals surface area contributed by atoms with Gasteiger partial charge in [0.25, 0.3) is 5.91 Å². The molecule has 6 heteroatoms. The topological polar surface area (TPSA) is 63.8 Å². The Labute approximate surface area is 150 Å². The smallest absolute Gasteiger partial charge is 0.261 e. The van der Waals surface area contributed by atoms with E-state index in [4.69, 9.17) is 20.9 Å². The van der Waals surface area contributed by atoms with Crippen LogP contribution in [0.2, 0.25) is 5.02 Å². The van der Waals surface area contributed by atoms with E-state index in [1.165, 1.54) is 0 Å². The zero-order valence-corrected chi connectivity index (χ0v) is 14.4. The molecule has 5 nitrogen and oxygen atoms in total. The number of benzene rings is 2. The van der Waals surface area contributed by atoms with Crippen molar-refractivity contribution in [3.05, 3.63) is 70.9 Å². The molecule has 0 saturated carbocycles. The number of furan rings is 1. The second kappa shape index (κ2) is 7.85. The van der Waals surface area contributed by atoms with Crippen LogP contribution in [0.5, 0.6) is 0 Å². The van der Waals surface area contributed by atoms with Crippen molar-refractivity contribution < 1.29 is 14.0 Å². The lowest BCUT2D eigenvalue weighted by molar-refractivity contribution is -0.125. The number of oxime groups is 1. The normalized spacial score (nSPS) is 11.5. The van der Waals surface area contributed by atoms with Crippen molar-refractivity contribution in [1.82, 2.24) is 5.32 Å². The first kappa shape index (κ1) is 17.0. The van der Waals surface area contributed by atoms with Gasteiger partial charge in [-0.05, 0) is 36.8 Å². The summed E-state index contributed by atoms with van der Waals surface area (Å²) in [5, 5.41) is 8.35. The number of hydrogen-bond donors (Lipinski definition) is 1. The van der Waals surface area contributed by atoms with E-state index in [1.54, 1.807) is 19.1 Å². The van der Waals surface area contributed by atoms with E-state index >= 15 is 0 Å². The monoisotopic (exact) mass is 356 g/mol. The molecule has 1 amide bonds. The Morgan fingerprint density at radius 3 is 2.72 bits per heavy atom. The number of nitrogens with zero attached hydrogens (tertiary/aromatic N) is 1. The Bertz CT molecular complexity index is 867. The van der Waals surface area contributed by atoms with Crippen LogP contribution in [-0.4, -0.2) is 18.2 Å². The Morgan fingerprint density at radius 2 is 1.96 bits per heavy atom. The molecule has 0 bridgehead atoms. The highest BCUT2D eigenvalue weighted by atomic mass is 35.5. The van der Waals surface area contributed by atoms with E-state index in [1.807, 2.05) is 42.5 Å². The van der Waals surface area contributed by atoms with Crippen molar-refractivity contribution >= 4 is 34.2 Å². The third kappa shape index (κ3) is 4.61. The van der Waals surface area contributed by atoms with Crippen LogP contribution in [0, 0.1) is 0 Å². The van der Waals surface area contributed by atoms with Gasteiger partial charge in [-0.3, -0.25) is 4.79 Å². The van der Waals surface area contributed by atoms with Gasteiger partial charge in [-0.2, -0.15) is 0 Å². The number of halogens is 1. The predicted molar refractivity (Wildman–Crippen MR) is 97.7 cm³/mol. The summed E-state index contributed by atoms with van der Waals surface area (Å²) in [4.78, 5) is 16.9. The van der Waals surface area contributed by atoms with Gasteiger partial charge in [0.2, 0.25) is 0 Å². The molecule has 1 N–H and O–H groups in total. The molecule has 1 aromatic heterocycles. The molecule has 128 valence electrons. The fraction of sp³-hybridized carbons (Fsp3) is 0.158. The second-order valence-corrected chi connectivity index (χ2v) is 5.94. The summed E-state index contributed by atoms with van der Waals surface area (Å²) in [7, 11) is 0. The molecule has 0 spiro atoms. The summed E-state index contributed by atoms with van der Waals surface area (Å²) in [5.74, 6) is 0.360. The largest absolute Gasteiger partial charge is 0.455 e. The van der Waals surface area contributed by atoms with Crippen molar-refractivity contribution in [3.63, 3.8) is 0 Å². The van der Waals surface area contributed by atoms with Crippen LogP contribution < -0.4 is 5.32 Å². The van der Waals surface area contributed by atoms with E-state index in [2.05, 4.69) is 10.5 Å². The van der Waals surface area contributed by atoms with E-state index in [9.17, 15) is 4.79 Å². The summed E-state index contributed by atoms with van der Waals surface area (Å²) in [5.41, 5.74) is 2.31. The third-order valence-corrected chi connectivity index (χ3v) is 3.83. The van der Waals surface area contributed by atoms with Gasteiger partial charge in [0.15, 0.2) is 12.4 Å². The standard InChI is InChI=1S/C19H17ClN2O3/c1-13(18-10-15-4-2-3-5-17(15)25-18)22-24-12-19(23)21-11-14-6-8-16(20)9-7-14/h2-10H,11-12H2,1H3,(H,21,23). The number of carbonyl (C=O) groups is 1. The molecule has 25 heavy (non-hydrogen) atoms. The lowest BCUT2D eigenvalue weighted by Gasteiger charge is -2.05. The van der Waals surface area contributed by atoms with Crippen LogP contribution >= 0.6 is 11.6 Å². The first-order valence-electron chi connectivity index (χ1n) is 7.78. The van der Waals surface area contributed by atoms with Gasteiger partial charge in [-0.1, -0.05) is 47.1 Å². The van der Waals surface area contributed by atoms with Gasteiger partial charge < -0.3 is 14.6 Å². The molecular formula is C19H17ClN2O3. The molecule has 0 unspecified atom stereocenters. The van der Waals surface area contributed by atoms with Crippen LogP contribution in [-0.2, 0) is 16.2 Å². The van der Waals surface area contributed by atoms with E-state index in [-0.39, 0.29) is 12.5 Å². The van der Waals surface area contributed by atoms with Gasteiger partial charge in [0.05, 0.1) is 0 Å². The highest BCUT2D eigenvalue weighted by Gasteiger charge is 2.07. The first-order chi connectivity index (χ1) is 12.1. The number of hydrogen-bond acceptors (Lipinski definition) is 4. The highest BCUT2D eigenvalue weighted by molar-refractivity contribution is 6.30. The maximum absolute atomic E-state index is 11.8. The SMILES string of the molecule is CC(=NOCC(=O)NCc1ccc(Cl)cc1)c1cc2ccccc2o1. The maximum atomic E-state index is 11.8. The lowest BCUT2D eigenvalue weighted by Crippen LogP contribution is -2.26. The molecule has 3 aromatic rings. The number of para-hydroxylation sites is 1. The summed E-state index contributed by atoms with van der Waals surface area (Å²) in [6.07, 6.45) is 0. The Kier molecular flexibility index (Phi) is 5.36. The summed E-state index contributed by atoms with van der Waals surface area (Å²) >= 11 is 5.82. The molecule has 1 heterocycles. The molecule has 0 radical (unpaired) electrons. The molecule has 0 fully saturated rings. The van der Waals surface area contributed by atoms with Crippen LogP contribution in [0.25, 0.3) is 11.0 Å². The third-order valence-electron chi connectivity index (χ3n) is 3.58. The second-order valence-electron chi connectivity index (χ2n) is 5.50. The van der Waals surface area contributed by atoms with E-state index < -0.39 is 0 Å². The van der Waals surface area contributed by atoms with Crippen LogP contribution in [0.15, 0.2) is 64.2 Å². The Balaban J connectivity index is 1.49. The van der Waals surface area contributed by atoms with Crippen molar-refractivity contribution in [2.75, 3.05) is 6.61 Å². The lowest BCUT2D eigenvalue weighted by atomic mass is 10.2. The van der Waals surface area contributed by atoms with Crippen molar-refractivity contribution in [2.24, 2.45) is 5.16 Å². The molecule has 0 saturated heterocycles. The summed E-state index contributed by atoms with van der Waals surface area (Å²) in [6, 6.07) is 16.8. The first-order valence-corrected chi connectivity index (χ1v) is 8.16. The average molecular weight is 357 g/mol. The molecule has 3 rings (SSSR count). The summed E-state index contributed by atoms with van der Waals surface area (Å²) in [6.45, 7) is 2.01. The molecule has 0 aliphatic rings. The highest BCUT2D eigenvalue weighted by Crippen LogP contribution is 2.19. The zero-order chi connectivity index (χ0) is 17.6. The van der Waals surface area contributed by atoms with E-state index in [0.717, 1.165) is 16.5 Å². The number of nitrogens with one attached hydrogen (secondary N) is 1. The maximum Gasteiger partial charge on any atom is 0.261 e. The van der Waals surface area contributed by atoms with Gasteiger partial charge in [-0.25, -0.2) is 0 Å². The number of rotatable bonds is 6. The van der Waals surface area contributed by atoms with E-state index in [0.29, 0.717) is 23.0 Å². The molecular weight excluding hydrogens is 340 g/mol. The van der Waals surface area contributed by atoms with Gasteiger partial charge in [-0.15, -0.1) is 0 Å². The van der Waals surface area contributed by atoms with Gasteiger partial charge in [0, 0.05) is 17.0 Å². The van der Waals surface area contributed by atoms with Crippen molar-refractivity contribution in [1.29, 1.82) is 0 Å². The van der Waals surface area contributed by atoms with Crippen molar-refractivity contribution in [2.45, 2.75) is 13.5 Å². The number of carbonyl (C=O) groups excluding carboxylic acids is 1. The Hall–Kier alpha value is -2.79. The van der Waals surface area contributed by atoms with Crippen LogP contribution in [0.3, 0.4) is 0 Å². The number of fused-ring (bicyclic) bond motifs is 1. The van der Waals surface area contributed by atoms with Gasteiger partial charge in [0.1, 0.15) is 11.3 Å². The molecule has 2 aromatic carbocycles. The molecule has 0 aliphatic carbocycles. The fourth-order valence-electron chi connectivity index (χ4n) is 2.25. The Morgan fingerprint density at radius 1 is 1.20 bits per heavy atom. The van der Waals surface area contributed by atoms with Crippen LogP contribution in [0.4, 0.5) is 0 Å².